The van der Waals surface area contributed by atoms with Gasteiger partial charge < -0.3 is 14.5 Å². The molecule has 1 amide bonds. The molecule has 0 aliphatic carbocycles. The maximum absolute atomic E-state index is 13.4. The highest BCUT2D eigenvalue weighted by Gasteiger charge is 2.37. The van der Waals surface area contributed by atoms with E-state index in [1.807, 2.05) is 29.2 Å². The average molecular weight is 486 g/mol. The van der Waals surface area contributed by atoms with Crippen molar-refractivity contribution in [2.45, 2.75) is 17.7 Å². The van der Waals surface area contributed by atoms with Crippen LogP contribution in [-0.2, 0) is 14.8 Å². The van der Waals surface area contributed by atoms with Crippen molar-refractivity contribution in [3.8, 4) is 5.75 Å². The predicted octanol–water partition coefficient (Wildman–Crippen LogP) is 1.98. The first-order chi connectivity index (χ1) is 16.5. The number of piperazine rings is 1. The third kappa shape index (κ3) is 4.21. The smallest absolute Gasteiger partial charge is 0.245 e. The average Bonchev–Trinajstić information content (AvgIpc) is 3.37. The van der Waals surface area contributed by atoms with Gasteiger partial charge in [0, 0.05) is 51.0 Å². The van der Waals surface area contributed by atoms with Crippen LogP contribution in [0.2, 0.25) is 0 Å². The molecule has 5 rings (SSSR count). The summed E-state index contributed by atoms with van der Waals surface area (Å²) >= 11 is 0. The van der Waals surface area contributed by atoms with Gasteiger partial charge in [0.25, 0.3) is 0 Å². The predicted molar refractivity (Wildman–Crippen MR) is 125 cm³/mol. The molecule has 0 N–H and O–H groups in total. The molecular formula is C23H27N5O5S. The number of carbonyl (C=O) groups is 1. The standard InChI is InChI=1S/C23H27N5O5S/c1-32-19-7-2-6-18(15-19)26-11-13-27(14-12-26)23(29)17-5-4-10-28(16-17)34(30,31)21-9-3-8-20-22(21)25-33-24-20/h2-3,6-9,15,17H,4-5,10-14,16H2,1H3/t17-/m0/s1. The number of fused-ring (bicyclic) bond motifs is 1. The third-order valence-corrected chi connectivity index (χ3v) is 8.51. The van der Waals surface area contributed by atoms with E-state index in [9.17, 15) is 13.2 Å². The lowest BCUT2D eigenvalue weighted by atomic mass is 9.97. The van der Waals surface area contributed by atoms with E-state index in [0.717, 1.165) is 24.5 Å². The van der Waals surface area contributed by atoms with E-state index in [0.29, 0.717) is 38.0 Å². The molecule has 2 aromatic carbocycles. The van der Waals surface area contributed by atoms with Gasteiger partial charge in [-0.2, -0.15) is 4.31 Å². The van der Waals surface area contributed by atoms with E-state index in [-0.39, 0.29) is 28.8 Å². The molecule has 3 heterocycles. The summed E-state index contributed by atoms with van der Waals surface area (Å²) in [5.74, 6) is 0.463. The van der Waals surface area contributed by atoms with Gasteiger partial charge in [0.15, 0.2) is 5.52 Å². The van der Waals surface area contributed by atoms with Gasteiger partial charge in [-0.05, 0) is 47.4 Å². The zero-order valence-corrected chi connectivity index (χ0v) is 19.8. The molecule has 3 aromatic rings. The fourth-order valence-electron chi connectivity index (χ4n) is 4.74. The normalized spacial score (nSPS) is 20.0. The molecule has 180 valence electrons. The number of amides is 1. The number of nitrogens with zero attached hydrogens (tertiary/aromatic N) is 5. The SMILES string of the molecule is COc1cccc(N2CCN(C(=O)[C@H]3CCCN(S(=O)(=O)c4cccc5nonc45)C3)CC2)c1. The molecule has 2 aliphatic rings. The number of piperidine rings is 1. The van der Waals surface area contributed by atoms with Crippen LogP contribution in [0.3, 0.4) is 0 Å². The van der Waals surface area contributed by atoms with E-state index in [1.54, 1.807) is 19.2 Å². The third-order valence-electron chi connectivity index (χ3n) is 6.61. The first kappa shape index (κ1) is 22.6. The van der Waals surface area contributed by atoms with Gasteiger partial charge in [0.1, 0.15) is 16.2 Å². The number of sulfonamides is 1. The van der Waals surface area contributed by atoms with E-state index >= 15 is 0 Å². The van der Waals surface area contributed by atoms with E-state index < -0.39 is 10.0 Å². The van der Waals surface area contributed by atoms with Crippen LogP contribution in [0.4, 0.5) is 5.69 Å². The van der Waals surface area contributed by atoms with Crippen LogP contribution in [0.15, 0.2) is 52.0 Å². The van der Waals surface area contributed by atoms with Crippen molar-refractivity contribution in [2.24, 2.45) is 5.92 Å². The number of methoxy groups -OCH3 is 1. The Morgan fingerprint density at radius 3 is 2.65 bits per heavy atom. The van der Waals surface area contributed by atoms with Gasteiger partial charge in [0.2, 0.25) is 15.9 Å². The minimum absolute atomic E-state index is 0.0199. The number of aromatic nitrogens is 2. The molecule has 2 aliphatic heterocycles. The zero-order chi connectivity index (χ0) is 23.7. The second-order valence-electron chi connectivity index (χ2n) is 8.60. The number of anilines is 1. The maximum atomic E-state index is 13.4. The minimum atomic E-state index is -3.83. The van der Waals surface area contributed by atoms with Crippen molar-refractivity contribution < 1.29 is 22.6 Å². The van der Waals surface area contributed by atoms with Crippen LogP contribution in [0.25, 0.3) is 11.0 Å². The summed E-state index contributed by atoms with van der Waals surface area (Å²) in [4.78, 5) is 17.5. The number of carbonyl (C=O) groups excluding carboxylic acids is 1. The Labute approximate surface area is 198 Å². The molecule has 2 saturated heterocycles. The Balaban J connectivity index is 1.25. The highest BCUT2D eigenvalue weighted by atomic mass is 32.2. The summed E-state index contributed by atoms with van der Waals surface area (Å²) in [6.45, 7) is 3.17. The van der Waals surface area contributed by atoms with Crippen molar-refractivity contribution in [3.63, 3.8) is 0 Å². The Bertz CT molecular complexity index is 1290. The maximum Gasteiger partial charge on any atom is 0.245 e. The molecule has 0 bridgehead atoms. The van der Waals surface area contributed by atoms with Crippen molar-refractivity contribution in [1.82, 2.24) is 19.5 Å². The number of hydrogen-bond donors (Lipinski definition) is 0. The largest absolute Gasteiger partial charge is 0.497 e. The molecular weight excluding hydrogens is 458 g/mol. The van der Waals surface area contributed by atoms with Gasteiger partial charge in [-0.3, -0.25) is 4.79 Å². The molecule has 2 fully saturated rings. The van der Waals surface area contributed by atoms with Crippen LogP contribution >= 0.6 is 0 Å². The molecule has 11 heteroatoms. The Morgan fingerprint density at radius 2 is 1.85 bits per heavy atom. The summed E-state index contributed by atoms with van der Waals surface area (Å²) < 4.78 is 38.2. The summed E-state index contributed by atoms with van der Waals surface area (Å²) in [6.07, 6.45) is 1.31. The Hall–Kier alpha value is -3.18. The van der Waals surface area contributed by atoms with Gasteiger partial charge in [0.05, 0.1) is 13.0 Å². The second-order valence-corrected chi connectivity index (χ2v) is 10.5. The monoisotopic (exact) mass is 485 g/mol. The van der Waals surface area contributed by atoms with Crippen molar-refractivity contribution in [2.75, 3.05) is 51.3 Å². The number of hydrogen-bond acceptors (Lipinski definition) is 8. The minimum Gasteiger partial charge on any atom is -0.497 e. The second kappa shape index (κ2) is 9.22. The Kier molecular flexibility index (Phi) is 6.13. The molecule has 0 unspecified atom stereocenters. The van der Waals surface area contributed by atoms with Gasteiger partial charge in [-0.15, -0.1) is 0 Å². The topological polar surface area (TPSA) is 109 Å². The summed E-state index contributed by atoms with van der Waals surface area (Å²) in [6, 6.07) is 12.7. The number of benzene rings is 2. The molecule has 34 heavy (non-hydrogen) atoms. The summed E-state index contributed by atoms with van der Waals surface area (Å²) in [7, 11) is -2.18. The fourth-order valence-corrected chi connectivity index (χ4v) is 6.40. The number of ether oxygens (including phenoxy) is 1. The molecule has 10 nitrogen and oxygen atoms in total. The van der Waals surface area contributed by atoms with Crippen molar-refractivity contribution in [1.29, 1.82) is 0 Å². The van der Waals surface area contributed by atoms with Gasteiger partial charge >= 0.3 is 0 Å². The van der Waals surface area contributed by atoms with Crippen LogP contribution in [0.5, 0.6) is 5.75 Å². The summed E-state index contributed by atoms with van der Waals surface area (Å²) in [5.41, 5.74) is 1.67. The zero-order valence-electron chi connectivity index (χ0n) is 19.0. The molecule has 1 atom stereocenters. The number of rotatable bonds is 5. The van der Waals surface area contributed by atoms with Gasteiger partial charge in [-0.25, -0.2) is 13.0 Å². The molecule has 0 saturated carbocycles. The van der Waals surface area contributed by atoms with Crippen molar-refractivity contribution in [3.05, 3.63) is 42.5 Å². The van der Waals surface area contributed by atoms with Crippen LogP contribution in [-0.4, -0.2) is 80.2 Å². The van der Waals surface area contributed by atoms with Crippen LogP contribution in [0, 0.1) is 5.92 Å². The molecule has 1 aromatic heterocycles. The molecule has 0 spiro atoms. The first-order valence-electron chi connectivity index (χ1n) is 11.4. The lowest BCUT2D eigenvalue weighted by molar-refractivity contribution is -0.137. The van der Waals surface area contributed by atoms with E-state index in [4.69, 9.17) is 9.37 Å². The van der Waals surface area contributed by atoms with Crippen LogP contribution in [0.1, 0.15) is 12.8 Å². The van der Waals surface area contributed by atoms with Crippen LogP contribution < -0.4 is 9.64 Å². The highest BCUT2D eigenvalue weighted by Crippen LogP contribution is 2.29. The lowest BCUT2D eigenvalue weighted by Gasteiger charge is -2.39. The van der Waals surface area contributed by atoms with Gasteiger partial charge in [-0.1, -0.05) is 12.1 Å². The van der Waals surface area contributed by atoms with Crippen molar-refractivity contribution >= 4 is 32.7 Å². The molecule has 0 radical (unpaired) electrons. The quantitative estimate of drug-likeness (QED) is 0.540. The van der Waals surface area contributed by atoms with E-state index in [2.05, 4.69) is 15.2 Å². The first-order valence-corrected chi connectivity index (χ1v) is 12.8. The fraction of sp³-hybridized carbons (Fsp3) is 0.435. The van der Waals surface area contributed by atoms with E-state index in [1.165, 1.54) is 10.4 Å². The highest BCUT2D eigenvalue weighted by molar-refractivity contribution is 7.89. The Morgan fingerprint density at radius 1 is 1.06 bits per heavy atom. The lowest BCUT2D eigenvalue weighted by Crippen LogP contribution is -2.53. The summed E-state index contributed by atoms with van der Waals surface area (Å²) in [5, 5.41) is 7.51.